The van der Waals surface area contributed by atoms with Gasteiger partial charge in [0.25, 0.3) is 0 Å². The Morgan fingerprint density at radius 1 is 0.744 bits per heavy atom. The second-order valence-electron chi connectivity index (χ2n) is 10.2. The minimum absolute atomic E-state index is 0.0327. The van der Waals surface area contributed by atoms with E-state index in [2.05, 4.69) is 16.4 Å². The summed E-state index contributed by atoms with van der Waals surface area (Å²) in [5, 5.41) is 0. The summed E-state index contributed by atoms with van der Waals surface area (Å²) in [4.78, 5) is 0. The van der Waals surface area contributed by atoms with E-state index in [1.165, 1.54) is 31.2 Å². The van der Waals surface area contributed by atoms with Crippen molar-refractivity contribution in [3.8, 4) is 22.6 Å². The van der Waals surface area contributed by atoms with E-state index >= 15 is 0 Å². The highest BCUT2D eigenvalue weighted by Gasteiger charge is 2.33. The van der Waals surface area contributed by atoms with Gasteiger partial charge in [0.2, 0.25) is 11.6 Å². The van der Waals surface area contributed by atoms with Gasteiger partial charge < -0.3 is 9.47 Å². The van der Waals surface area contributed by atoms with Gasteiger partial charge in [0.1, 0.15) is 0 Å². The lowest BCUT2D eigenvalue weighted by Crippen LogP contribution is -2.26. The standard InChI is InChI=1S/C31H32F6O2/c1-3-4-19-5-9-21(10-6-19)22-11-7-20(8-12-22)17-18-31(36,37)39-26-16-14-24(28(33)30(26)35)23-13-15-25(38-2)29(34)27(23)32/h7-8,11-16,19,21H,3-6,9-10,17-18H2,1-2H3. The maximum Gasteiger partial charge on any atom is 0.398 e. The van der Waals surface area contributed by atoms with Crippen molar-refractivity contribution in [2.75, 3.05) is 7.11 Å². The van der Waals surface area contributed by atoms with Gasteiger partial charge in [-0.1, -0.05) is 44.0 Å². The molecule has 0 heterocycles. The molecule has 0 saturated heterocycles. The summed E-state index contributed by atoms with van der Waals surface area (Å²) in [5.74, 6) is -6.34. The van der Waals surface area contributed by atoms with Gasteiger partial charge >= 0.3 is 6.11 Å². The molecule has 0 N–H and O–H groups in total. The Morgan fingerprint density at radius 2 is 1.31 bits per heavy atom. The normalized spacial score (nSPS) is 17.7. The van der Waals surface area contributed by atoms with Crippen molar-refractivity contribution in [1.82, 2.24) is 0 Å². The highest BCUT2D eigenvalue weighted by molar-refractivity contribution is 5.67. The molecule has 1 aliphatic rings. The summed E-state index contributed by atoms with van der Waals surface area (Å²) >= 11 is 0. The van der Waals surface area contributed by atoms with E-state index in [0.717, 1.165) is 50.1 Å². The first-order chi connectivity index (χ1) is 18.6. The number of benzene rings is 3. The first-order valence-electron chi connectivity index (χ1n) is 13.3. The van der Waals surface area contributed by atoms with Crippen LogP contribution in [0.2, 0.25) is 0 Å². The fourth-order valence-corrected chi connectivity index (χ4v) is 5.37. The van der Waals surface area contributed by atoms with Crippen LogP contribution in [0.5, 0.6) is 11.5 Å². The number of alkyl halides is 2. The molecule has 1 aliphatic carbocycles. The highest BCUT2D eigenvalue weighted by atomic mass is 19.3. The van der Waals surface area contributed by atoms with Gasteiger partial charge in [-0.3, -0.25) is 0 Å². The number of rotatable bonds is 10. The molecule has 3 aromatic carbocycles. The second-order valence-corrected chi connectivity index (χ2v) is 10.2. The van der Waals surface area contributed by atoms with Gasteiger partial charge in [-0.2, -0.15) is 17.6 Å². The summed E-state index contributed by atoms with van der Waals surface area (Å²) in [5.41, 5.74) is 0.671. The maximum atomic E-state index is 14.7. The SMILES string of the molecule is CCCC1CCC(c2ccc(CCC(F)(F)Oc3ccc(-c4ccc(OC)c(F)c4F)c(F)c3F)cc2)CC1. The Hall–Kier alpha value is -3.16. The molecule has 1 fully saturated rings. The molecular weight excluding hydrogens is 518 g/mol. The largest absolute Gasteiger partial charge is 0.494 e. The Balaban J connectivity index is 1.38. The summed E-state index contributed by atoms with van der Waals surface area (Å²) in [6.45, 7) is 2.21. The van der Waals surface area contributed by atoms with Crippen LogP contribution in [0.1, 0.15) is 68.9 Å². The topological polar surface area (TPSA) is 18.5 Å². The fraction of sp³-hybridized carbons (Fsp3) is 0.419. The lowest BCUT2D eigenvalue weighted by atomic mass is 9.77. The number of methoxy groups -OCH3 is 1. The van der Waals surface area contributed by atoms with Crippen molar-refractivity contribution < 1.29 is 35.8 Å². The van der Waals surface area contributed by atoms with E-state index in [1.54, 1.807) is 0 Å². The van der Waals surface area contributed by atoms with E-state index in [1.807, 2.05) is 24.3 Å². The van der Waals surface area contributed by atoms with E-state index in [4.69, 9.17) is 0 Å². The van der Waals surface area contributed by atoms with Gasteiger partial charge in [0.15, 0.2) is 23.1 Å². The van der Waals surface area contributed by atoms with Crippen molar-refractivity contribution in [3.63, 3.8) is 0 Å². The third-order valence-electron chi connectivity index (χ3n) is 7.56. The first kappa shape index (κ1) is 28.8. The molecule has 0 aliphatic heterocycles. The van der Waals surface area contributed by atoms with Crippen molar-refractivity contribution in [1.29, 1.82) is 0 Å². The van der Waals surface area contributed by atoms with E-state index in [9.17, 15) is 26.3 Å². The van der Waals surface area contributed by atoms with Gasteiger partial charge in [-0.15, -0.1) is 0 Å². The van der Waals surface area contributed by atoms with Gasteiger partial charge in [0.05, 0.1) is 13.5 Å². The quantitative estimate of drug-likeness (QED) is 0.234. The molecule has 0 bridgehead atoms. The average molecular weight is 551 g/mol. The average Bonchev–Trinajstić information content (AvgIpc) is 2.93. The number of aryl methyl sites for hydroxylation is 1. The third kappa shape index (κ3) is 6.71. The van der Waals surface area contributed by atoms with Crippen LogP contribution in [0.15, 0.2) is 48.5 Å². The zero-order valence-electron chi connectivity index (χ0n) is 22.0. The van der Waals surface area contributed by atoms with Gasteiger partial charge in [0, 0.05) is 11.1 Å². The van der Waals surface area contributed by atoms with Crippen LogP contribution < -0.4 is 9.47 Å². The number of ether oxygens (including phenoxy) is 2. The number of halogens is 6. The van der Waals surface area contributed by atoms with Gasteiger partial charge in [-0.05, 0) is 79.3 Å². The monoisotopic (exact) mass is 550 g/mol. The van der Waals surface area contributed by atoms with E-state index in [-0.39, 0.29) is 6.42 Å². The fourth-order valence-electron chi connectivity index (χ4n) is 5.37. The predicted molar refractivity (Wildman–Crippen MR) is 138 cm³/mol. The smallest absolute Gasteiger partial charge is 0.398 e. The minimum Gasteiger partial charge on any atom is -0.494 e. The molecule has 39 heavy (non-hydrogen) atoms. The first-order valence-corrected chi connectivity index (χ1v) is 13.3. The molecule has 3 aromatic rings. The Labute approximate surface area is 225 Å². The molecule has 2 nitrogen and oxygen atoms in total. The lowest BCUT2D eigenvalue weighted by Gasteiger charge is -2.28. The molecule has 210 valence electrons. The van der Waals surface area contributed by atoms with E-state index < -0.39 is 58.4 Å². The maximum absolute atomic E-state index is 14.7. The Kier molecular flexibility index (Phi) is 9.13. The van der Waals surface area contributed by atoms with Crippen LogP contribution in [0.3, 0.4) is 0 Å². The minimum atomic E-state index is -3.79. The van der Waals surface area contributed by atoms with Crippen LogP contribution in [-0.2, 0) is 6.42 Å². The van der Waals surface area contributed by atoms with Crippen molar-refractivity contribution in [3.05, 3.63) is 82.9 Å². The van der Waals surface area contributed by atoms with Crippen molar-refractivity contribution in [2.24, 2.45) is 5.92 Å². The molecule has 0 atom stereocenters. The summed E-state index contributed by atoms with van der Waals surface area (Å²) in [6, 6.07) is 11.3. The van der Waals surface area contributed by atoms with Crippen molar-refractivity contribution >= 4 is 0 Å². The molecule has 0 radical (unpaired) electrons. The predicted octanol–water partition coefficient (Wildman–Crippen LogP) is 9.60. The molecule has 0 amide bonds. The zero-order valence-corrected chi connectivity index (χ0v) is 22.0. The highest BCUT2D eigenvalue weighted by Crippen LogP contribution is 2.38. The number of hydrogen-bond donors (Lipinski definition) is 0. The molecule has 0 spiro atoms. The second kappa shape index (κ2) is 12.3. The van der Waals surface area contributed by atoms with Crippen LogP contribution in [0.25, 0.3) is 11.1 Å². The van der Waals surface area contributed by atoms with Crippen LogP contribution in [-0.4, -0.2) is 13.2 Å². The summed E-state index contributed by atoms with van der Waals surface area (Å²) < 4.78 is 96.0. The van der Waals surface area contributed by atoms with Crippen LogP contribution >= 0.6 is 0 Å². The molecular formula is C31H32F6O2. The van der Waals surface area contributed by atoms with Crippen LogP contribution in [0.4, 0.5) is 26.3 Å². The summed E-state index contributed by atoms with van der Waals surface area (Å²) in [6.07, 6.45) is 2.60. The Morgan fingerprint density at radius 3 is 1.87 bits per heavy atom. The molecule has 1 saturated carbocycles. The Bertz CT molecular complexity index is 1270. The molecule has 8 heteroatoms. The van der Waals surface area contributed by atoms with Gasteiger partial charge in [-0.25, -0.2) is 8.78 Å². The van der Waals surface area contributed by atoms with Crippen molar-refractivity contribution in [2.45, 2.75) is 70.3 Å². The summed E-state index contributed by atoms with van der Waals surface area (Å²) in [7, 11) is 1.12. The molecule has 4 rings (SSSR count). The van der Waals surface area contributed by atoms with Crippen LogP contribution in [0, 0.1) is 29.2 Å². The third-order valence-corrected chi connectivity index (χ3v) is 7.56. The molecule has 0 aromatic heterocycles. The zero-order chi connectivity index (χ0) is 28.2. The molecule has 0 unspecified atom stereocenters. The van der Waals surface area contributed by atoms with E-state index in [0.29, 0.717) is 11.5 Å². The number of hydrogen-bond acceptors (Lipinski definition) is 2. The lowest BCUT2D eigenvalue weighted by molar-refractivity contribution is -0.181.